The average Bonchev–Trinajstić information content (AvgIpc) is 2.63. The highest BCUT2D eigenvalue weighted by Gasteiger charge is 2.09. The van der Waals surface area contributed by atoms with Gasteiger partial charge < -0.3 is 15.5 Å². The summed E-state index contributed by atoms with van der Waals surface area (Å²) in [5.74, 6) is 0.917. The predicted octanol–water partition coefficient (Wildman–Crippen LogP) is 3.11. The summed E-state index contributed by atoms with van der Waals surface area (Å²) in [7, 11) is 0. The van der Waals surface area contributed by atoms with Crippen LogP contribution in [0, 0.1) is 6.92 Å². The molecule has 1 aromatic heterocycles. The molecule has 0 spiro atoms. The summed E-state index contributed by atoms with van der Waals surface area (Å²) in [6.07, 6.45) is 1.25. The van der Waals surface area contributed by atoms with Crippen LogP contribution in [0.3, 0.4) is 0 Å². The maximum Gasteiger partial charge on any atom is 0.120 e. The largest absolute Gasteiger partial charge is 0.491 e. The fraction of sp³-hybridized carbons (Fsp3) is 0.429. The first kappa shape index (κ1) is 12.0. The Morgan fingerprint density at radius 2 is 2.18 bits per heavy atom. The molecule has 0 saturated heterocycles. The first-order valence-electron chi connectivity index (χ1n) is 6.13. The maximum absolute atomic E-state index is 5.83. The summed E-state index contributed by atoms with van der Waals surface area (Å²) in [5, 5.41) is 1.17. The lowest BCUT2D eigenvalue weighted by molar-refractivity contribution is 0.218. The van der Waals surface area contributed by atoms with Crippen molar-refractivity contribution in [1.82, 2.24) is 4.98 Å². The normalized spacial score (nSPS) is 12.9. The average molecular weight is 232 g/mol. The molecule has 2 rings (SSSR count). The number of rotatable bonds is 4. The molecule has 0 fully saturated rings. The fourth-order valence-corrected chi connectivity index (χ4v) is 2.01. The van der Waals surface area contributed by atoms with Crippen LogP contribution in [0.4, 0.5) is 0 Å². The minimum atomic E-state index is 0.244. The Labute approximate surface area is 102 Å². The van der Waals surface area contributed by atoms with Crippen molar-refractivity contribution < 1.29 is 4.74 Å². The Morgan fingerprint density at radius 1 is 1.41 bits per heavy atom. The summed E-state index contributed by atoms with van der Waals surface area (Å²) in [6, 6.07) is 6.14. The van der Waals surface area contributed by atoms with Crippen LogP contribution in [-0.4, -0.2) is 11.1 Å². The van der Waals surface area contributed by atoms with E-state index in [9.17, 15) is 0 Å². The van der Waals surface area contributed by atoms with E-state index < -0.39 is 0 Å². The van der Waals surface area contributed by atoms with Crippen LogP contribution in [0.15, 0.2) is 18.2 Å². The molecule has 0 radical (unpaired) electrons. The SMILES string of the molecule is CCC(C)Oc1ccc2[nH]c(C)c(CN)c2c1. The third-order valence-corrected chi connectivity index (χ3v) is 3.21. The smallest absolute Gasteiger partial charge is 0.120 e. The second kappa shape index (κ2) is 4.80. The molecule has 3 heteroatoms. The number of nitrogens with one attached hydrogen (secondary N) is 1. The van der Waals surface area contributed by atoms with Crippen molar-refractivity contribution >= 4 is 10.9 Å². The number of nitrogens with two attached hydrogens (primary N) is 1. The van der Waals surface area contributed by atoms with Gasteiger partial charge in [-0.3, -0.25) is 0 Å². The molecule has 0 saturated carbocycles. The van der Waals surface area contributed by atoms with Gasteiger partial charge in [-0.05, 0) is 44.0 Å². The molecule has 1 aromatic carbocycles. The van der Waals surface area contributed by atoms with Crippen LogP contribution in [0.2, 0.25) is 0 Å². The van der Waals surface area contributed by atoms with Gasteiger partial charge in [0.1, 0.15) is 5.75 Å². The van der Waals surface area contributed by atoms with Crippen molar-refractivity contribution in [3.8, 4) is 5.75 Å². The van der Waals surface area contributed by atoms with Crippen LogP contribution in [-0.2, 0) is 6.54 Å². The summed E-state index contributed by atoms with van der Waals surface area (Å²) >= 11 is 0. The third-order valence-electron chi connectivity index (χ3n) is 3.21. The second-order valence-corrected chi connectivity index (χ2v) is 4.48. The van der Waals surface area contributed by atoms with E-state index in [-0.39, 0.29) is 6.10 Å². The molecule has 2 aromatic rings. The van der Waals surface area contributed by atoms with Gasteiger partial charge in [-0.2, -0.15) is 0 Å². The van der Waals surface area contributed by atoms with Gasteiger partial charge in [0.05, 0.1) is 6.10 Å². The molecule has 1 atom stereocenters. The minimum absolute atomic E-state index is 0.244. The topological polar surface area (TPSA) is 51.0 Å². The van der Waals surface area contributed by atoms with Gasteiger partial charge in [0.15, 0.2) is 0 Å². The molecule has 0 amide bonds. The number of hydrogen-bond acceptors (Lipinski definition) is 2. The van der Waals surface area contributed by atoms with Crippen molar-refractivity contribution in [3.05, 3.63) is 29.5 Å². The van der Waals surface area contributed by atoms with E-state index in [1.807, 2.05) is 6.07 Å². The first-order valence-corrected chi connectivity index (χ1v) is 6.13. The number of aryl methyl sites for hydroxylation is 1. The highest BCUT2D eigenvalue weighted by atomic mass is 16.5. The molecular formula is C14H20N2O. The van der Waals surface area contributed by atoms with E-state index in [2.05, 4.69) is 37.9 Å². The Balaban J connectivity index is 2.41. The molecule has 0 aliphatic rings. The summed E-state index contributed by atoms with van der Waals surface area (Å²) in [6.45, 7) is 6.81. The van der Waals surface area contributed by atoms with Gasteiger partial charge in [-0.1, -0.05) is 6.92 Å². The summed E-state index contributed by atoms with van der Waals surface area (Å²) in [4.78, 5) is 3.34. The van der Waals surface area contributed by atoms with Crippen molar-refractivity contribution in [2.75, 3.05) is 0 Å². The summed E-state index contributed by atoms with van der Waals surface area (Å²) < 4.78 is 5.83. The van der Waals surface area contributed by atoms with Crippen LogP contribution in [0.1, 0.15) is 31.5 Å². The molecular weight excluding hydrogens is 212 g/mol. The van der Waals surface area contributed by atoms with E-state index in [4.69, 9.17) is 10.5 Å². The molecule has 1 unspecified atom stereocenters. The second-order valence-electron chi connectivity index (χ2n) is 4.48. The van der Waals surface area contributed by atoms with Gasteiger partial charge >= 0.3 is 0 Å². The lowest BCUT2D eigenvalue weighted by Gasteiger charge is -2.12. The monoisotopic (exact) mass is 232 g/mol. The highest BCUT2D eigenvalue weighted by molar-refractivity contribution is 5.85. The number of fused-ring (bicyclic) bond motifs is 1. The lowest BCUT2D eigenvalue weighted by atomic mass is 10.1. The number of ether oxygens (including phenoxy) is 1. The molecule has 92 valence electrons. The number of benzene rings is 1. The predicted molar refractivity (Wildman–Crippen MR) is 71.3 cm³/mol. The van der Waals surface area contributed by atoms with Crippen molar-refractivity contribution in [2.45, 2.75) is 39.8 Å². The van der Waals surface area contributed by atoms with Crippen molar-refractivity contribution in [2.24, 2.45) is 5.73 Å². The van der Waals surface area contributed by atoms with E-state index in [1.165, 1.54) is 10.9 Å². The minimum Gasteiger partial charge on any atom is -0.491 e. The third kappa shape index (κ3) is 2.29. The Kier molecular flexibility index (Phi) is 3.38. The zero-order chi connectivity index (χ0) is 12.4. The van der Waals surface area contributed by atoms with E-state index in [0.29, 0.717) is 6.54 Å². The molecule has 17 heavy (non-hydrogen) atoms. The lowest BCUT2D eigenvalue weighted by Crippen LogP contribution is -2.09. The van der Waals surface area contributed by atoms with Crippen molar-refractivity contribution in [3.63, 3.8) is 0 Å². The standard InChI is InChI=1S/C14H20N2O/c1-4-9(2)17-11-5-6-14-12(7-11)13(8-15)10(3)16-14/h5-7,9,16H,4,8,15H2,1-3H3. The van der Waals surface area contributed by atoms with E-state index in [1.54, 1.807) is 0 Å². The molecule has 3 nitrogen and oxygen atoms in total. The van der Waals surface area contributed by atoms with Crippen LogP contribution in [0.5, 0.6) is 5.75 Å². The van der Waals surface area contributed by atoms with Crippen LogP contribution in [0.25, 0.3) is 10.9 Å². The maximum atomic E-state index is 5.83. The molecule has 1 heterocycles. The Hall–Kier alpha value is -1.48. The number of H-pyrrole nitrogens is 1. The summed E-state index contributed by atoms with van der Waals surface area (Å²) in [5.41, 5.74) is 9.22. The molecule has 0 aliphatic heterocycles. The van der Waals surface area contributed by atoms with Gasteiger partial charge in [0.25, 0.3) is 0 Å². The quantitative estimate of drug-likeness (QED) is 0.851. The zero-order valence-corrected chi connectivity index (χ0v) is 10.7. The molecule has 0 bridgehead atoms. The molecule has 0 aliphatic carbocycles. The van der Waals surface area contributed by atoms with Gasteiger partial charge in [-0.15, -0.1) is 0 Å². The Bertz CT molecular complexity index is 516. The Morgan fingerprint density at radius 3 is 2.82 bits per heavy atom. The van der Waals surface area contributed by atoms with E-state index >= 15 is 0 Å². The number of hydrogen-bond donors (Lipinski definition) is 2. The highest BCUT2D eigenvalue weighted by Crippen LogP contribution is 2.26. The molecule has 3 N–H and O–H groups in total. The number of aromatic amines is 1. The van der Waals surface area contributed by atoms with Crippen LogP contribution < -0.4 is 10.5 Å². The first-order chi connectivity index (χ1) is 8.15. The van der Waals surface area contributed by atoms with Gasteiger partial charge in [-0.25, -0.2) is 0 Å². The van der Waals surface area contributed by atoms with E-state index in [0.717, 1.165) is 23.4 Å². The fourth-order valence-electron chi connectivity index (χ4n) is 2.01. The van der Waals surface area contributed by atoms with Gasteiger partial charge in [0.2, 0.25) is 0 Å². The number of aromatic nitrogens is 1. The zero-order valence-electron chi connectivity index (χ0n) is 10.7. The van der Waals surface area contributed by atoms with Crippen molar-refractivity contribution in [1.29, 1.82) is 0 Å². The van der Waals surface area contributed by atoms with Crippen LogP contribution >= 0.6 is 0 Å². The van der Waals surface area contributed by atoms with Gasteiger partial charge in [0, 0.05) is 23.1 Å².